The molecule has 6 nitrogen and oxygen atoms in total. The van der Waals surface area contributed by atoms with Gasteiger partial charge in [0.05, 0.1) is 22.4 Å². The maximum Gasteiger partial charge on any atom is 0.227 e. The first-order valence-corrected chi connectivity index (χ1v) is 9.44. The van der Waals surface area contributed by atoms with Crippen LogP contribution in [0.15, 0.2) is 30.6 Å². The number of nitrogens with zero attached hydrogens (tertiary/aromatic N) is 3. The number of nitrogen functional groups attached to an aromatic ring is 1. The third kappa shape index (κ3) is 3.35. The van der Waals surface area contributed by atoms with Gasteiger partial charge >= 0.3 is 0 Å². The molecule has 0 bridgehead atoms. The minimum absolute atomic E-state index is 0.0996. The van der Waals surface area contributed by atoms with Crippen LogP contribution in [0.1, 0.15) is 43.0 Å². The van der Waals surface area contributed by atoms with Crippen molar-refractivity contribution in [2.45, 2.75) is 38.2 Å². The molecule has 0 aliphatic heterocycles. The number of fused-ring (bicyclic) bond motifs is 1. The van der Waals surface area contributed by atoms with E-state index in [2.05, 4.69) is 21.8 Å². The van der Waals surface area contributed by atoms with Crippen LogP contribution < -0.4 is 5.73 Å². The Labute approximate surface area is 167 Å². The number of carbonyl (C=O) groups excluding carboxylic acids is 1. The minimum atomic E-state index is -0.909. The molecular weight excluding hydrogens is 376 g/mol. The fraction of sp³-hybridized carbons (Fsp3) is 0.286. The molecular formula is C21H19ClN4O2. The summed E-state index contributed by atoms with van der Waals surface area (Å²) in [5.41, 5.74) is 7.42. The van der Waals surface area contributed by atoms with E-state index in [1.165, 1.54) is 13.1 Å². The van der Waals surface area contributed by atoms with E-state index in [1.54, 1.807) is 10.8 Å². The van der Waals surface area contributed by atoms with E-state index in [-0.39, 0.29) is 11.9 Å². The fourth-order valence-electron chi connectivity index (χ4n) is 3.60. The second-order valence-electron chi connectivity index (χ2n) is 7.08. The van der Waals surface area contributed by atoms with Gasteiger partial charge < -0.3 is 10.8 Å². The van der Waals surface area contributed by atoms with Gasteiger partial charge in [0.1, 0.15) is 5.60 Å². The molecule has 0 unspecified atom stereocenters. The predicted molar refractivity (Wildman–Crippen MR) is 109 cm³/mol. The van der Waals surface area contributed by atoms with Crippen LogP contribution in [0.3, 0.4) is 0 Å². The van der Waals surface area contributed by atoms with Crippen molar-refractivity contribution in [2.24, 2.45) is 0 Å². The Morgan fingerprint density at radius 3 is 2.82 bits per heavy atom. The van der Waals surface area contributed by atoms with E-state index in [4.69, 9.17) is 17.3 Å². The number of aliphatic hydroxyl groups is 1. The molecule has 28 heavy (non-hydrogen) atoms. The van der Waals surface area contributed by atoms with Crippen LogP contribution in [-0.2, 0) is 0 Å². The summed E-state index contributed by atoms with van der Waals surface area (Å²) < 4.78 is 1.54. The molecule has 0 amide bonds. The highest BCUT2D eigenvalue weighted by atomic mass is 35.5. The number of carbonyl (C=O) groups is 1. The normalized spacial score (nSPS) is 15.4. The average molecular weight is 395 g/mol. The first kappa shape index (κ1) is 18.5. The van der Waals surface area contributed by atoms with Gasteiger partial charge in [-0.15, -0.1) is 0 Å². The highest BCUT2D eigenvalue weighted by Crippen LogP contribution is 2.34. The molecule has 1 saturated carbocycles. The lowest BCUT2D eigenvalue weighted by Crippen LogP contribution is -2.20. The molecule has 2 heterocycles. The molecule has 1 aliphatic carbocycles. The third-order valence-corrected chi connectivity index (χ3v) is 5.31. The molecule has 0 saturated heterocycles. The van der Waals surface area contributed by atoms with E-state index in [1.807, 2.05) is 18.2 Å². The number of halogens is 1. The van der Waals surface area contributed by atoms with Crippen LogP contribution in [0.2, 0.25) is 5.02 Å². The molecule has 3 N–H and O–H groups in total. The third-order valence-electron chi connectivity index (χ3n) is 5.03. The van der Waals surface area contributed by atoms with Crippen LogP contribution in [0.25, 0.3) is 22.2 Å². The van der Waals surface area contributed by atoms with Crippen LogP contribution >= 0.6 is 11.6 Å². The van der Waals surface area contributed by atoms with Gasteiger partial charge in [0.2, 0.25) is 11.9 Å². The summed E-state index contributed by atoms with van der Waals surface area (Å²) in [5.74, 6) is 6.05. The summed E-state index contributed by atoms with van der Waals surface area (Å²) >= 11 is 6.29. The molecule has 1 aliphatic rings. The topological polar surface area (TPSA) is 94.0 Å². The van der Waals surface area contributed by atoms with E-state index < -0.39 is 5.60 Å². The van der Waals surface area contributed by atoms with Gasteiger partial charge in [-0.2, -0.15) is 0 Å². The van der Waals surface area contributed by atoms with Crippen LogP contribution in [0.4, 0.5) is 5.95 Å². The van der Waals surface area contributed by atoms with Gasteiger partial charge in [-0.25, -0.2) is 9.97 Å². The maximum atomic E-state index is 12.1. The van der Waals surface area contributed by atoms with E-state index in [0.29, 0.717) is 29.1 Å². The standard InChI is InChI=1S/C21H19ClN4O2/c1-13(27)26-12-16(19-17(22)11-24-20(23)25-19)15-10-14(4-5-18(15)26)6-9-21(28)7-2-3-8-21/h4-5,10-12,28H,2-3,7-8H2,1H3,(H2,23,24,25). The SMILES string of the molecule is CC(=O)n1cc(-c2nc(N)ncc2Cl)c2cc(C#CC3(O)CCCC3)ccc21. The molecule has 7 heteroatoms. The smallest absolute Gasteiger partial charge is 0.227 e. The number of benzene rings is 1. The lowest BCUT2D eigenvalue weighted by Gasteiger charge is -2.12. The number of aromatic nitrogens is 3. The Hall–Kier alpha value is -2.88. The first-order chi connectivity index (χ1) is 13.4. The summed E-state index contributed by atoms with van der Waals surface area (Å²) in [6.07, 6.45) is 6.51. The molecule has 0 atom stereocenters. The van der Waals surface area contributed by atoms with Gasteiger partial charge in [0.25, 0.3) is 0 Å². The van der Waals surface area contributed by atoms with Crippen molar-refractivity contribution in [3.8, 4) is 23.1 Å². The number of hydrogen-bond donors (Lipinski definition) is 2. The van der Waals surface area contributed by atoms with Crippen molar-refractivity contribution in [2.75, 3.05) is 5.73 Å². The number of anilines is 1. The van der Waals surface area contributed by atoms with Crippen molar-refractivity contribution in [3.63, 3.8) is 0 Å². The van der Waals surface area contributed by atoms with E-state index in [0.717, 1.165) is 29.3 Å². The fourth-order valence-corrected chi connectivity index (χ4v) is 3.79. The molecule has 1 fully saturated rings. The Morgan fingerprint density at radius 2 is 2.11 bits per heavy atom. The zero-order valence-corrected chi connectivity index (χ0v) is 16.1. The monoisotopic (exact) mass is 394 g/mol. The Balaban J connectivity index is 1.89. The second-order valence-corrected chi connectivity index (χ2v) is 7.48. The second kappa shape index (κ2) is 6.93. The quantitative estimate of drug-likeness (QED) is 0.614. The van der Waals surface area contributed by atoms with Crippen LogP contribution in [0.5, 0.6) is 0 Å². The molecule has 3 aromatic rings. The summed E-state index contributed by atoms with van der Waals surface area (Å²) in [6, 6.07) is 5.55. The van der Waals surface area contributed by atoms with Gasteiger partial charge in [-0.3, -0.25) is 9.36 Å². The van der Waals surface area contributed by atoms with Gasteiger partial charge in [0, 0.05) is 29.6 Å². The van der Waals surface area contributed by atoms with Gasteiger partial charge in [-0.1, -0.05) is 23.4 Å². The number of rotatable bonds is 1. The summed E-state index contributed by atoms with van der Waals surface area (Å²) in [5, 5.41) is 11.6. The van der Waals surface area contributed by atoms with Crippen molar-refractivity contribution < 1.29 is 9.90 Å². The molecule has 4 rings (SSSR count). The van der Waals surface area contributed by atoms with E-state index >= 15 is 0 Å². The summed E-state index contributed by atoms with van der Waals surface area (Å²) in [6.45, 7) is 1.49. The average Bonchev–Trinajstić information content (AvgIpc) is 3.26. The van der Waals surface area contributed by atoms with Gasteiger partial charge in [0.15, 0.2) is 0 Å². The zero-order chi connectivity index (χ0) is 19.9. The highest BCUT2D eigenvalue weighted by Gasteiger charge is 2.28. The largest absolute Gasteiger partial charge is 0.378 e. The summed E-state index contributed by atoms with van der Waals surface area (Å²) in [4.78, 5) is 20.2. The van der Waals surface area contributed by atoms with Crippen molar-refractivity contribution in [1.29, 1.82) is 0 Å². The molecule has 1 aromatic carbocycles. The van der Waals surface area contributed by atoms with Gasteiger partial charge in [-0.05, 0) is 43.9 Å². The zero-order valence-electron chi connectivity index (χ0n) is 15.4. The Bertz CT molecular complexity index is 1150. The lowest BCUT2D eigenvalue weighted by molar-refractivity contribution is 0.0941. The minimum Gasteiger partial charge on any atom is -0.378 e. The van der Waals surface area contributed by atoms with Crippen molar-refractivity contribution in [1.82, 2.24) is 14.5 Å². The predicted octanol–water partition coefficient (Wildman–Crippen LogP) is 3.65. The van der Waals surface area contributed by atoms with Crippen molar-refractivity contribution >= 4 is 34.4 Å². The lowest BCUT2D eigenvalue weighted by atomic mass is 10.0. The number of hydrogen-bond acceptors (Lipinski definition) is 5. The van der Waals surface area contributed by atoms with Crippen molar-refractivity contribution in [3.05, 3.63) is 41.2 Å². The molecule has 0 spiro atoms. The summed E-state index contributed by atoms with van der Waals surface area (Å²) in [7, 11) is 0. The molecule has 142 valence electrons. The highest BCUT2D eigenvalue weighted by molar-refractivity contribution is 6.33. The maximum absolute atomic E-state index is 12.1. The first-order valence-electron chi connectivity index (χ1n) is 9.06. The van der Waals surface area contributed by atoms with Crippen LogP contribution in [0, 0.1) is 11.8 Å². The molecule has 0 radical (unpaired) electrons. The van der Waals surface area contributed by atoms with Crippen LogP contribution in [-0.4, -0.2) is 31.1 Å². The Morgan fingerprint density at radius 1 is 1.36 bits per heavy atom. The van der Waals surface area contributed by atoms with E-state index in [9.17, 15) is 9.90 Å². The number of nitrogens with two attached hydrogens (primary N) is 1. The Kier molecular flexibility index (Phi) is 4.58. The molecule has 2 aromatic heterocycles.